The van der Waals surface area contributed by atoms with Crippen LogP contribution in [0.1, 0.15) is 118 Å². The number of benzene rings is 6. The summed E-state index contributed by atoms with van der Waals surface area (Å²) < 4.78 is 10.4. The van der Waals surface area contributed by atoms with Crippen molar-refractivity contribution in [1.29, 1.82) is 0 Å². The van der Waals surface area contributed by atoms with Gasteiger partial charge in [-0.3, -0.25) is 86.6 Å². The van der Waals surface area contributed by atoms with E-state index in [1.807, 2.05) is 0 Å². The number of hydrogen-bond donors (Lipinski definition) is 8. The lowest BCUT2D eigenvalue weighted by atomic mass is 10.0. The minimum atomic E-state index is -1.28. The Kier molecular flexibility index (Phi) is 31.6. The van der Waals surface area contributed by atoms with Crippen molar-refractivity contribution in [3.05, 3.63) is 159 Å². The summed E-state index contributed by atoms with van der Waals surface area (Å²) in [5.74, 6) is -7.15. The van der Waals surface area contributed by atoms with Gasteiger partial charge in [0.05, 0.1) is 79.0 Å². The smallest absolute Gasteiger partial charge is 0.253 e. The maximum Gasteiger partial charge on any atom is 0.253 e. The summed E-state index contributed by atoms with van der Waals surface area (Å²) in [4.78, 5) is 234. The molecule has 0 unspecified atom stereocenters. The summed E-state index contributed by atoms with van der Waals surface area (Å²) in [6.45, 7) is 14.2. The number of aromatic hydroxyl groups is 2. The van der Waals surface area contributed by atoms with Gasteiger partial charge < -0.3 is 80.7 Å². The van der Waals surface area contributed by atoms with Crippen LogP contribution in [0.3, 0.4) is 0 Å². The summed E-state index contributed by atoms with van der Waals surface area (Å²) in [6.07, 6.45) is 0.756. The number of carbonyl (C=O) groups is 18. The van der Waals surface area contributed by atoms with Crippen LogP contribution in [0, 0.1) is 41.5 Å². The third-order valence-electron chi connectivity index (χ3n) is 18.8. The van der Waals surface area contributed by atoms with E-state index in [-0.39, 0.29) is 114 Å². The molecule has 6 aromatic rings. The molecule has 0 bridgehead atoms. The van der Waals surface area contributed by atoms with E-state index in [0.717, 1.165) is 20.9 Å². The standard InChI is InChI=1S/C28H32N4O8.C28H32N4O7.C27H30N4O7/c1-16-9-19(10-17(2)26(16)37)27(38)30-21-12-31(25(36)15-40-4)22-7-5-6-8-23(22)32(28(21)39)13-24(35)29-20(14-33)11-18(3)34;1-16-10-20(11-17(2)26(16)39-5)27(37)30-22-13-31(19(4)35)23-8-6-7-9-24(23)32(28(22)38)14-25(36)29-21(15-33)12-18(3)34;1-15-9-19(10-16(2)25(15)36)26(37)29-21-12-30(18(4)34)22-7-5-6-8-23(22)31(27(21)38)13-24(35)28-20(14-32)11-17(3)33/h5-10,14,20-21,37H,11-13,15H2,1-4H3,(H,29,35)(H,30,38);6-11,15,21-22H,12-14H2,1-5H3,(H,29,36)(H,30,37);5-10,14,20-21,36H,11-13H2,1-4H3,(H,28,35)(H,29,37)/t20-,21-;21-,22-;20-,21-/m000/s1. The molecule has 117 heavy (non-hydrogen) atoms. The monoisotopic (exact) mass is 1610 g/mol. The van der Waals surface area contributed by atoms with Gasteiger partial charge in [0, 0.05) is 56.9 Å². The molecule has 8 N–H and O–H groups in total. The lowest BCUT2D eigenvalue weighted by Gasteiger charge is -2.25. The third-order valence-corrected chi connectivity index (χ3v) is 18.8. The minimum Gasteiger partial charge on any atom is -0.507 e. The second kappa shape index (κ2) is 40.9. The molecule has 0 fully saturated rings. The van der Waals surface area contributed by atoms with Crippen molar-refractivity contribution in [2.24, 2.45) is 0 Å². The maximum absolute atomic E-state index is 13.9. The van der Waals surface area contributed by atoms with Gasteiger partial charge >= 0.3 is 0 Å². The average Bonchev–Trinajstić information content (AvgIpc) is 1.67. The van der Waals surface area contributed by atoms with Gasteiger partial charge in [0.25, 0.3) is 41.4 Å². The summed E-state index contributed by atoms with van der Waals surface area (Å²) >= 11 is 0. The molecule has 0 spiro atoms. The molecule has 9 rings (SSSR count). The van der Waals surface area contributed by atoms with Crippen LogP contribution in [-0.4, -0.2) is 214 Å². The van der Waals surface area contributed by atoms with Gasteiger partial charge in [0.1, 0.15) is 97.8 Å². The van der Waals surface area contributed by atoms with E-state index in [0.29, 0.717) is 69.5 Å². The SMILES string of the molecule is CC(=O)C[C@@H](C=O)NC(=O)CN1C(=O)[C@@H](NC(=O)c2cc(C)c(O)c(C)c2)CN(C(C)=O)c2ccccc21.COCC(=O)N1C[C@H](NC(=O)c2cc(C)c(O)c(C)c2)C(=O)N(CC(=O)N[C@H](C=O)CC(C)=O)c2ccccc21.COc1c(C)cc(C(=O)N[C@H]2CN(C(C)=O)c3ccccc3N(CC(=O)N[C@H](C=O)CC(C)=O)C2=O)cc1C. The Morgan fingerprint density at radius 1 is 0.410 bits per heavy atom. The van der Waals surface area contributed by atoms with Gasteiger partial charge in [-0.15, -0.1) is 0 Å². The van der Waals surface area contributed by atoms with Gasteiger partial charge in [-0.25, -0.2) is 0 Å². The molecule has 6 atom stereocenters. The molecular formula is C83H94N12O22. The summed E-state index contributed by atoms with van der Waals surface area (Å²) in [7, 11) is 2.89. The number of amides is 12. The number of aldehydes is 3. The van der Waals surface area contributed by atoms with Crippen LogP contribution < -0.4 is 66.0 Å². The van der Waals surface area contributed by atoms with E-state index in [1.165, 1.54) is 92.7 Å². The Morgan fingerprint density at radius 2 is 0.667 bits per heavy atom. The van der Waals surface area contributed by atoms with Crippen LogP contribution in [0.5, 0.6) is 17.2 Å². The number of hydrogen-bond acceptors (Lipinski definition) is 22. The van der Waals surface area contributed by atoms with Gasteiger partial charge in [0.2, 0.25) is 29.5 Å². The van der Waals surface area contributed by atoms with Crippen LogP contribution in [0.2, 0.25) is 0 Å². The highest BCUT2D eigenvalue weighted by Gasteiger charge is 2.42. The highest BCUT2D eigenvalue weighted by molar-refractivity contribution is 6.14. The zero-order chi connectivity index (χ0) is 86.6. The molecule has 0 saturated carbocycles. The number of para-hydroxylation sites is 6. The van der Waals surface area contributed by atoms with Crippen molar-refractivity contribution in [3.8, 4) is 17.2 Å². The van der Waals surface area contributed by atoms with Crippen molar-refractivity contribution < 1.29 is 106 Å². The topological polar surface area (TPSA) is 458 Å². The lowest BCUT2D eigenvalue weighted by Crippen LogP contribution is -2.55. The van der Waals surface area contributed by atoms with Crippen LogP contribution >= 0.6 is 0 Å². The molecule has 0 aliphatic carbocycles. The molecule has 3 heterocycles. The second-order valence-electron chi connectivity index (χ2n) is 28.2. The zero-order valence-electron chi connectivity index (χ0n) is 66.9. The van der Waals surface area contributed by atoms with Crippen LogP contribution in [0.15, 0.2) is 109 Å². The number of nitrogens with zero attached hydrogens (tertiary/aromatic N) is 6. The molecule has 0 saturated heterocycles. The molecule has 34 heteroatoms. The Bertz CT molecular complexity index is 4860. The number of phenols is 2. The van der Waals surface area contributed by atoms with Crippen molar-refractivity contribution >= 4 is 141 Å². The first-order valence-electron chi connectivity index (χ1n) is 36.8. The quantitative estimate of drug-likeness (QED) is 0.0342. The fourth-order valence-corrected chi connectivity index (χ4v) is 13.4. The van der Waals surface area contributed by atoms with E-state index in [2.05, 4.69) is 31.9 Å². The number of rotatable bonds is 27. The predicted octanol–water partition coefficient (Wildman–Crippen LogP) is 3.44. The van der Waals surface area contributed by atoms with E-state index in [1.54, 1.807) is 126 Å². The first-order chi connectivity index (χ1) is 55.3. The Labute approximate surface area is 673 Å². The fraction of sp³-hybridized carbons (Fsp3) is 0.349. The molecule has 3 aliphatic heterocycles. The second-order valence-corrected chi connectivity index (χ2v) is 28.2. The summed E-state index contributed by atoms with van der Waals surface area (Å²) in [5.41, 5.74) is 5.93. The van der Waals surface area contributed by atoms with Crippen molar-refractivity contribution in [2.75, 3.05) is 89.5 Å². The number of anilines is 6. The molecule has 12 amide bonds. The summed E-state index contributed by atoms with van der Waals surface area (Å²) in [5, 5.41) is 35.5. The largest absolute Gasteiger partial charge is 0.507 e. The molecule has 0 radical (unpaired) electrons. The molecule has 34 nitrogen and oxygen atoms in total. The number of nitrogens with one attached hydrogen (secondary N) is 6. The minimum absolute atomic E-state index is 0.0458. The molecule has 618 valence electrons. The van der Waals surface area contributed by atoms with Crippen LogP contribution in [0.25, 0.3) is 0 Å². The number of aryl methyl sites for hydroxylation is 6. The third kappa shape index (κ3) is 23.3. The van der Waals surface area contributed by atoms with E-state index < -0.39 is 115 Å². The number of ketones is 3. The maximum atomic E-state index is 13.9. The van der Waals surface area contributed by atoms with Gasteiger partial charge in [-0.2, -0.15) is 0 Å². The van der Waals surface area contributed by atoms with Gasteiger partial charge in [0.15, 0.2) is 0 Å². The molecule has 3 aliphatic rings. The van der Waals surface area contributed by atoms with E-state index in [4.69, 9.17) is 9.47 Å². The zero-order valence-corrected chi connectivity index (χ0v) is 66.9. The Balaban J connectivity index is 0.000000243. The predicted molar refractivity (Wildman–Crippen MR) is 428 cm³/mol. The Morgan fingerprint density at radius 3 is 0.915 bits per heavy atom. The number of methoxy groups -OCH3 is 2. The van der Waals surface area contributed by atoms with E-state index >= 15 is 0 Å². The number of phenolic OH excluding ortho intramolecular Hbond substituents is 2. The first-order valence-corrected chi connectivity index (χ1v) is 36.8. The molecular weight excluding hydrogens is 1520 g/mol. The number of fused-ring (bicyclic) bond motifs is 3. The van der Waals surface area contributed by atoms with Crippen molar-refractivity contribution in [2.45, 2.75) is 132 Å². The van der Waals surface area contributed by atoms with Gasteiger partial charge in [-0.05, 0) is 168 Å². The van der Waals surface area contributed by atoms with Gasteiger partial charge in [-0.1, -0.05) is 36.4 Å². The number of Topliss-reactive ketones (excluding diaryl/α,β-unsaturated/α-hetero) is 3. The fourth-order valence-electron chi connectivity index (χ4n) is 13.4. The Hall–Kier alpha value is -13.7. The van der Waals surface area contributed by atoms with E-state index in [9.17, 15) is 96.5 Å². The highest BCUT2D eigenvalue weighted by atomic mass is 16.5. The molecule has 0 aromatic heterocycles. The molecule has 6 aromatic carbocycles. The highest BCUT2D eigenvalue weighted by Crippen LogP contribution is 2.37. The number of carbonyl (C=O) groups excluding carboxylic acids is 18. The lowest BCUT2D eigenvalue weighted by molar-refractivity contribution is -0.127. The first kappa shape index (κ1) is 90.5. The van der Waals surface area contributed by atoms with Crippen LogP contribution in [-0.2, 0) is 76.7 Å². The number of ether oxygens (including phenoxy) is 2. The normalized spacial score (nSPS) is 15.6. The van der Waals surface area contributed by atoms with Crippen LogP contribution in [0.4, 0.5) is 34.1 Å². The van der Waals surface area contributed by atoms with Crippen molar-refractivity contribution in [3.63, 3.8) is 0 Å². The summed E-state index contributed by atoms with van der Waals surface area (Å²) in [6, 6.07) is 21.8. The van der Waals surface area contributed by atoms with Crippen molar-refractivity contribution in [1.82, 2.24) is 31.9 Å². The average molecular weight is 1610 g/mol.